The second-order valence-electron chi connectivity index (χ2n) is 8.14. The van der Waals surface area contributed by atoms with Crippen LogP contribution in [0.5, 0.6) is 5.75 Å². The first kappa shape index (κ1) is 16.9. The quantitative estimate of drug-likeness (QED) is 0.526. The Morgan fingerprint density at radius 1 is 0.931 bits per heavy atom. The zero-order chi connectivity index (χ0) is 19.2. The first-order valence-electron chi connectivity index (χ1n) is 10.5. The number of hydrogen-bond acceptors (Lipinski definition) is 2. The molecule has 1 aromatic heterocycles. The number of fused-ring (bicyclic) bond motifs is 4. The van der Waals surface area contributed by atoms with Crippen LogP contribution >= 0.6 is 0 Å². The highest BCUT2D eigenvalue weighted by molar-refractivity contribution is 5.85. The van der Waals surface area contributed by atoms with Crippen molar-refractivity contribution in [1.29, 1.82) is 0 Å². The molecule has 3 aromatic carbocycles. The molecular weight excluding hydrogens is 356 g/mol. The maximum atomic E-state index is 5.90. The van der Waals surface area contributed by atoms with Crippen molar-refractivity contribution in [1.82, 2.24) is 9.88 Å². The van der Waals surface area contributed by atoms with Gasteiger partial charge in [-0.2, -0.15) is 0 Å². The van der Waals surface area contributed by atoms with Crippen LogP contribution in [0.4, 0.5) is 0 Å². The van der Waals surface area contributed by atoms with E-state index in [0.29, 0.717) is 0 Å². The Labute approximate surface area is 170 Å². The highest BCUT2D eigenvalue weighted by Crippen LogP contribution is 2.41. The fourth-order valence-electron chi connectivity index (χ4n) is 5.01. The molecule has 3 heterocycles. The van der Waals surface area contributed by atoms with Crippen molar-refractivity contribution in [2.75, 3.05) is 13.2 Å². The molecule has 2 aliphatic heterocycles. The summed E-state index contributed by atoms with van der Waals surface area (Å²) in [6.45, 7) is 2.79. The molecule has 6 rings (SSSR count). The normalized spacial score (nSPS) is 18.4. The topological polar surface area (TPSA) is 28.3 Å². The number of nitrogens with zero attached hydrogens (tertiary/aromatic N) is 1. The predicted octanol–water partition coefficient (Wildman–Crippen LogP) is 5.25. The number of aromatic nitrogens is 1. The Balaban J connectivity index is 1.48. The van der Waals surface area contributed by atoms with Crippen LogP contribution in [0.15, 0.2) is 72.8 Å². The number of hydrogen-bond donors (Lipinski definition) is 1. The zero-order valence-electron chi connectivity index (χ0n) is 16.4. The second-order valence-corrected chi connectivity index (χ2v) is 8.14. The average Bonchev–Trinajstić information content (AvgIpc) is 3.38. The molecule has 0 radical (unpaired) electrons. The summed E-state index contributed by atoms with van der Waals surface area (Å²) in [5.74, 6) is 1.06. The monoisotopic (exact) mass is 380 g/mol. The molecule has 1 atom stereocenters. The van der Waals surface area contributed by atoms with Gasteiger partial charge in [0.2, 0.25) is 0 Å². The minimum absolute atomic E-state index is 0.209. The maximum absolute atomic E-state index is 5.90. The SMILES string of the molecule is c1ccc(CN2CCc3c([nH]c4ccccc34)C2c2ccc3c(c2)OCC3)cc1. The molecule has 1 N–H and O–H groups in total. The molecule has 0 spiro atoms. The molecular formula is C26H24N2O. The minimum Gasteiger partial charge on any atom is -0.493 e. The predicted molar refractivity (Wildman–Crippen MR) is 116 cm³/mol. The Bertz CT molecular complexity index is 1180. The average molecular weight is 380 g/mol. The van der Waals surface area contributed by atoms with Crippen molar-refractivity contribution in [3.8, 4) is 5.75 Å². The summed E-state index contributed by atoms with van der Waals surface area (Å²) in [6, 6.07) is 26.5. The summed E-state index contributed by atoms with van der Waals surface area (Å²) in [5, 5.41) is 1.37. The fraction of sp³-hybridized carbons (Fsp3) is 0.231. The van der Waals surface area contributed by atoms with E-state index in [1.165, 1.54) is 38.9 Å². The van der Waals surface area contributed by atoms with Gasteiger partial charge in [0, 0.05) is 36.1 Å². The van der Waals surface area contributed by atoms with Crippen molar-refractivity contribution < 1.29 is 4.74 Å². The van der Waals surface area contributed by atoms with E-state index >= 15 is 0 Å². The molecule has 29 heavy (non-hydrogen) atoms. The van der Waals surface area contributed by atoms with Crippen LogP contribution in [0.2, 0.25) is 0 Å². The lowest BCUT2D eigenvalue weighted by Crippen LogP contribution is -2.35. The van der Waals surface area contributed by atoms with Crippen molar-refractivity contribution in [3.05, 3.63) is 101 Å². The summed E-state index contributed by atoms with van der Waals surface area (Å²) >= 11 is 0. The van der Waals surface area contributed by atoms with Gasteiger partial charge in [0.05, 0.1) is 12.6 Å². The first-order chi connectivity index (χ1) is 14.4. The highest BCUT2D eigenvalue weighted by Gasteiger charge is 2.32. The van der Waals surface area contributed by atoms with Crippen LogP contribution in [0.25, 0.3) is 10.9 Å². The third-order valence-corrected chi connectivity index (χ3v) is 6.40. The van der Waals surface area contributed by atoms with Gasteiger partial charge < -0.3 is 9.72 Å². The van der Waals surface area contributed by atoms with Gasteiger partial charge in [-0.3, -0.25) is 4.90 Å². The van der Waals surface area contributed by atoms with Crippen molar-refractivity contribution in [3.63, 3.8) is 0 Å². The smallest absolute Gasteiger partial charge is 0.122 e. The van der Waals surface area contributed by atoms with Crippen molar-refractivity contribution >= 4 is 10.9 Å². The molecule has 4 aromatic rings. The molecule has 0 amide bonds. The van der Waals surface area contributed by atoms with Gasteiger partial charge in [0.25, 0.3) is 0 Å². The number of para-hydroxylation sites is 1. The van der Waals surface area contributed by atoms with Crippen LogP contribution < -0.4 is 4.74 Å². The Morgan fingerprint density at radius 3 is 2.72 bits per heavy atom. The lowest BCUT2D eigenvalue weighted by Gasteiger charge is -2.36. The minimum atomic E-state index is 0.209. The highest BCUT2D eigenvalue weighted by atomic mass is 16.5. The van der Waals surface area contributed by atoms with E-state index < -0.39 is 0 Å². The van der Waals surface area contributed by atoms with Crippen LogP contribution in [-0.4, -0.2) is 23.0 Å². The number of ether oxygens (including phenoxy) is 1. The van der Waals surface area contributed by atoms with E-state index in [1.807, 2.05) is 0 Å². The van der Waals surface area contributed by atoms with Gasteiger partial charge in [-0.1, -0.05) is 60.7 Å². The maximum Gasteiger partial charge on any atom is 0.122 e. The Morgan fingerprint density at radius 2 is 1.79 bits per heavy atom. The molecule has 0 saturated carbocycles. The van der Waals surface area contributed by atoms with Gasteiger partial charge in [0.1, 0.15) is 5.75 Å². The van der Waals surface area contributed by atoms with Crippen LogP contribution in [-0.2, 0) is 19.4 Å². The first-order valence-corrected chi connectivity index (χ1v) is 10.5. The molecule has 0 bridgehead atoms. The summed E-state index contributed by atoms with van der Waals surface area (Å²) in [5.41, 5.74) is 8.05. The molecule has 1 unspecified atom stereocenters. The van der Waals surface area contributed by atoms with Crippen LogP contribution in [0, 0.1) is 0 Å². The van der Waals surface area contributed by atoms with E-state index in [-0.39, 0.29) is 6.04 Å². The number of nitrogens with one attached hydrogen (secondary N) is 1. The third kappa shape index (κ3) is 2.85. The van der Waals surface area contributed by atoms with Crippen LogP contribution in [0.3, 0.4) is 0 Å². The summed E-state index contributed by atoms with van der Waals surface area (Å²) in [4.78, 5) is 6.37. The van der Waals surface area contributed by atoms with E-state index in [0.717, 1.165) is 38.3 Å². The Hall–Kier alpha value is -3.04. The second kappa shape index (κ2) is 6.78. The lowest BCUT2D eigenvalue weighted by atomic mass is 9.91. The summed E-state index contributed by atoms with van der Waals surface area (Å²) < 4.78 is 5.90. The van der Waals surface area contributed by atoms with Gasteiger partial charge in [-0.15, -0.1) is 0 Å². The Kier molecular flexibility index (Phi) is 3.95. The molecule has 2 aliphatic rings. The van der Waals surface area contributed by atoms with Gasteiger partial charge >= 0.3 is 0 Å². The van der Waals surface area contributed by atoms with Crippen LogP contribution in [0.1, 0.15) is 34.0 Å². The lowest BCUT2D eigenvalue weighted by molar-refractivity contribution is 0.201. The van der Waals surface area contributed by atoms with Crippen molar-refractivity contribution in [2.45, 2.75) is 25.4 Å². The van der Waals surface area contributed by atoms with Gasteiger partial charge in [-0.25, -0.2) is 0 Å². The fourth-order valence-corrected chi connectivity index (χ4v) is 5.01. The molecule has 0 saturated heterocycles. The molecule has 144 valence electrons. The molecule has 3 heteroatoms. The van der Waals surface area contributed by atoms with E-state index in [2.05, 4.69) is 82.7 Å². The zero-order valence-corrected chi connectivity index (χ0v) is 16.4. The number of aromatic amines is 1. The number of benzene rings is 3. The molecule has 0 aliphatic carbocycles. The molecule has 3 nitrogen and oxygen atoms in total. The third-order valence-electron chi connectivity index (χ3n) is 6.40. The van der Waals surface area contributed by atoms with Gasteiger partial charge in [-0.05, 0) is 40.8 Å². The molecule has 0 fully saturated rings. The van der Waals surface area contributed by atoms with E-state index in [1.54, 1.807) is 0 Å². The standard InChI is InChI=1S/C26H24N2O/c1-2-6-18(7-3-1)17-28-14-12-22-21-8-4-5-9-23(21)27-25(22)26(28)20-11-10-19-13-15-29-24(19)16-20/h1-11,16,26-27H,12-15,17H2. The number of H-pyrrole nitrogens is 1. The van der Waals surface area contributed by atoms with Gasteiger partial charge in [0.15, 0.2) is 0 Å². The van der Waals surface area contributed by atoms with E-state index in [9.17, 15) is 0 Å². The largest absolute Gasteiger partial charge is 0.493 e. The number of rotatable bonds is 3. The van der Waals surface area contributed by atoms with Crippen molar-refractivity contribution in [2.24, 2.45) is 0 Å². The van der Waals surface area contributed by atoms with E-state index in [4.69, 9.17) is 4.74 Å². The summed E-state index contributed by atoms with van der Waals surface area (Å²) in [7, 11) is 0. The summed E-state index contributed by atoms with van der Waals surface area (Å²) in [6.07, 6.45) is 2.09.